The van der Waals surface area contributed by atoms with Gasteiger partial charge >= 0.3 is 6.18 Å². The van der Waals surface area contributed by atoms with Crippen molar-refractivity contribution < 1.29 is 18.0 Å². The molecule has 1 saturated carbocycles. The Balaban J connectivity index is 1.79. The molecule has 2 aromatic heterocycles. The maximum absolute atomic E-state index is 12.9. The number of carbonyl (C=O) groups excluding carboxylic acids is 1. The molecule has 3 N–H and O–H groups in total. The molecule has 23 heavy (non-hydrogen) atoms. The maximum Gasteiger partial charge on any atom is 0.416 e. The van der Waals surface area contributed by atoms with E-state index in [1.807, 2.05) is 0 Å². The average Bonchev–Trinajstić information content (AvgIpc) is 3.02. The molecule has 1 aliphatic rings. The van der Waals surface area contributed by atoms with Gasteiger partial charge in [-0.05, 0) is 31.4 Å². The maximum atomic E-state index is 12.9. The van der Waals surface area contributed by atoms with Crippen LogP contribution in [0.2, 0.25) is 0 Å². The highest BCUT2D eigenvalue weighted by molar-refractivity contribution is 7.13. The van der Waals surface area contributed by atoms with Crippen molar-refractivity contribution in [3.05, 3.63) is 39.5 Å². The van der Waals surface area contributed by atoms with Crippen LogP contribution in [0.15, 0.2) is 18.5 Å². The van der Waals surface area contributed by atoms with E-state index in [-0.39, 0.29) is 16.3 Å². The molecule has 0 spiro atoms. The lowest BCUT2D eigenvalue weighted by Gasteiger charge is -2.11. The predicted octanol–water partition coefficient (Wildman–Crippen LogP) is 3.07. The zero-order valence-corrected chi connectivity index (χ0v) is 12.9. The summed E-state index contributed by atoms with van der Waals surface area (Å²) in [4.78, 5) is 20.3. The van der Waals surface area contributed by atoms with Gasteiger partial charge in [0.05, 0.1) is 17.3 Å². The second-order valence-electron chi connectivity index (χ2n) is 5.52. The van der Waals surface area contributed by atoms with Gasteiger partial charge in [-0.15, -0.1) is 11.3 Å². The van der Waals surface area contributed by atoms with E-state index in [2.05, 4.69) is 15.3 Å². The van der Waals surface area contributed by atoms with Crippen molar-refractivity contribution in [1.82, 2.24) is 9.97 Å². The Morgan fingerprint density at radius 3 is 2.65 bits per heavy atom. The SMILES string of the molecule is Cc1cnc(NC(=O)c2cnc(C3(N)CC3)s2)cc1C(F)(F)F. The van der Waals surface area contributed by atoms with Gasteiger partial charge in [0, 0.05) is 6.20 Å². The molecule has 0 radical (unpaired) electrons. The largest absolute Gasteiger partial charge is 0.416 e. The first-order chi connectivity index (χ1) is 10.7. The van der Waals surface area contributed by atoms with E-state index < -0.39 is 23.2 Å². The van der Waals surface area contributed by atoms with Crippen LogP contribution < -0.4 is 11.1 Å². The molecule has 3 rings (SSSR count). The highest BCUT2D eigenvalue weighted by Crippen LogP contribution is 2.44. The lowest BCUT2D eigenvalue weighted by molar-refractivity contribution is -0.138. The number of aryl methyl sites for hydroxylation is 1. The van der Waals surface area contributed by atoms with E-state index in [1.165, 1.54) is 13.1 Å². The van der Waals surface area contributed by atoms with Crippen LogP contribution in [-0.4, -0.2) is 15.9 Å². The number of anilines is 1. The van der Waals surface area contributed by atoms with Crippen LogP contribution in [0.1, 0.15) is 38.6 Å². The summed E-state index contributed by atoms with van der Waals surface area (Å²) in [6.45, 7) is 1.31. The fourth-order valence-corrected chi connectivity index (χ4v) is 3.00. The van der Waals surface area contributed by atoms with Crippen LogP contribution >= 0.6 is 11.3 Å². The number of nitrogens with one attached hydrogen (secondary N) is 1. The summed E-state index contributed by atoms with van der Waals surface area (Å²) in [5, 5.41) is 3.03. The lowest BCUT2D eigenvalue weighted by atomic mass is 10.1. The van der Waals surface area contributed by atoms with Gasteiger partial charge in [0.2, 0.25) is 0 Å². The number of nitrogens with zero attached hydrogens (tertiary/aromatic N) is 2. The number of carbonyl (C=O) groups is 1. The molecule has 1 aliphatic carbocycles. The van der Waals surface area contributed by atoms with Crippen LogP contribution in [0.3, 0.4) is 0 Å². The number of aromatic nitrogens is 2. The Morgan fingerprint density at radius 2 is 2.04 bits per heavy atom. The molecule has 9 heteroatoms. The van der Waals surface area contributed by atoms with Gasteiger partial charge in [-0.1, -0.05) is 0 Å². The van der Waals surface area contributed by atoms with Crippen LogP contribution in [0.5, 0.6) is 0 Å². The van der Waals surface area contributed by atoms with Crippen LogP contribution in [0.25, 0.3) is 0 Å². The van der Waals surface area contributed by atoms with Crippen LogP contribution in [0, 0.1) is 6.92 Å². The molecule has 0 aromatic carbocycles. The van der Waals surface area contributed by atoms with E-state index >= 15 is 0 Å². The average molecular weight is 342 g/mol. The Kier molecular flexibility index (Phi) is 3.64. The third kappa shape index (κ3) is 3.20. The second kappa shape index (κ2) is 5.27. The minimum atomic E-state index is -4.50. The van der Waals surface area contributed by atoms with Gasteiger partial charge < -0.3 is 11.1 Å². The van der Waals surface area contributed by atoms with E-state index in [1.54, 1.807) is 0 Å². The molecule has 0 unspecified atom stereocenters. The monoisotopic (exact) mass is 342 g/mol. The Bertz CT molecular complexity index is 768. The first-order valence-electron chi connectivity index (χ1n) is 6.79. The summed E-state index contributed by atoms with van der Waals surface area (Å²) >= 11 is 1.14. The minimum Gasteiger partial charge on any atom is -0.319 e. The van der Waals surface area contributed by atoms with Crippen molar-refractivity contribution >= 4 is 23.1 Å². The highest BCUT2D eigenvalue weighted by Gasteiger charge is 2.43. The molecule has 2 aromatic rings. The first kappa shape index (κ1) is 15.9. The number of thiazole rings is 1. The van der Waals surface area contributed by atoms with Crippen molar-refractivity contribution in [3.63, 3.8) is 0 Å². The molecule has 0 bridgehead atoms. The summed E-state index contributed by atoms with van der Waals surface area (Å²) in [6.07, 6.45) is -0.412. The Labute approximate surface area is 133 Å². The van der Waals surface area contributed by atoms with Gasteiger partial charge in [-0.25, -0.2) is 9.97 Å². The number of hydrogen-bond donors (Lipinski definition) is 2. The summed E-state index contributed by atoms with van der Waals surface area (Å²) in [5.74, 6) is -0.709. The Morgan fingerprint density at radius 1 is 1.35 bits per heavy atom. The lowest BCUT2D eigenvalue weighted by Crippen LogP contribution is -2.18. The number of halogens is 3. The molecule has 5 nitrogen and oxygen atoms in total. The van der Waals surface area contributed by atoms with E-state index in [4.69, 9.17) is 5.73 Å². The molecule has 0 saturated heterocycles. The van der Waals surface area contributed by atoms with Gasteiger partial charge in [0.15, 0.2) is 0 Å². The van der Waals surface area contributed by atoms with Gasteiger partial charge in [-0.3, -0.25) is 4.79 Å². The highest BCUT2D eigenvalue weighted by atomic mass is 32.1. The third-order valence-electron chi connectivity index (χ3n) is 3.59. The van der Waals surface area contributed by atoms with Crippen LogP contribution in [0.4, 0.5) is 19.0 Å². The van der Waals surface area contributed by atoms with E-state index in [0.29, 0.717) is 5.01 Å². The number of nitrogens with two attached hydrogens (primary N) is 1. The van der Waals surface area contributed by atoms with Gasteiger partial charge in [0.25, 0.3) is 5.91 Å². The third-order valence-corrected chi connectivity index (χ3v) is 4.81. The van der Waals surface area contributed by atoms with E-state index in [9.17, 15) is 18.0 Å². The quantitative estimate of drug-likeness (QED) is 0.898. The molecule has 122 valence electrons. The second-order valence-corrected chi connectivity index (χ2v) is 6.55. The summed E-state index contributed by atoms with van der Waals surface area (Å²) < 4.78 is 38.6. The molecule has 0 atom stereocenters. The van der Waals surface area contributed by atoms with Crippen molar-refractivity contribution in [2.45, 2.75) is 31.5 Å². The topological polar surface area (TPSA) is 80.9 Å². The summed E-state index contributed by atoms with van der Waals surface area (Å²) in [7, 11) is 0. The summed E-state index contributed by atoms with van der Waals surface area (Å²) in [6, 6.07) is 0.820. The minimum absolute atomic E-state index is 0.00520. The number of hydrogen-bond acceptors (Lipinski definition) is 5. The molecular formula is C14H13F3N4OS. The fourth-order valence-electron chi connectivity index (χ4n) is 2.03. The Hall–Kier alpha value is -2.00. The molecule has 0 aliphatic heterocycles. The smallest absolute Gasteiger partial charge is 0.319 e. The van der Waals surface area contributed by atoms with Crippen molar-refractivity contribution in [1.29, 1.82) is 0 Å². The first-order valence-corrected chi connectivity index (χ1v) is 7.61. The van der Waals surface area contributed by atoms with Crippen molar-refractivity contribution in [2.24, 2.45) is 5.73 Å². The zero-order chi connectivity index (χ0) is 16.8. The van der Waals surface area contributed by atoms with Crippen molar-refractivity contribution in [3.8, 4) is 0 Å². The number of pyridine rings is 1. The zero-order valence-electron chi connectivity index (χ0n) is 12.1. The number of alkyl halides is 3. The molecule has 1 fully saturated rings. The molecule has 1 amide bonds. The number of amides is 1. The predicted molar refractivity (Wildman–Crippen MR) is 79.1 cm³/mol. The molecule has 2 heterocycles. The van der Waals surface area contributed by atoms with Gasteiger partial charge in [0.1, 0.15) is 15.7 Å². The summed E-state index contributed by atoms with van der Waals surface area (Å²) in [5.41, 5.74) is 4.72. The standard InChI is InChI=1S/C14H13F3N4OS/c1-7-5-19-10(4-8(7)14(15,16)17)21-11(22)9-6-20-12(23-9)13(18)2-3-13/h4-6H,2-3,18H2,1H3,(H,19,21,22). The van der Waals surface area contributed by atoms with E-state index in [0.717, 1.165) is 36.4 Å². The van der Waals surface area contributed by atoms with Crippen molar-refractivity contribution in [2.75, 3.05) is 5.32 Å². The van der Waals surface area contributed by atoms with Crippen LogP contribution in [-0.2, 0) is 11.7 Å². The van der Waals surface area contributed by atoms with Gasteiger partial charge in [-0.2, -0.15) is 13.2 Å². The fraction of sp³-hybridized carbons (Fsp3) is 0.357. The molecular weight excluding hydrogens is 329 g/mol. The normalized spacial score (nSPS) is 16.2. The number of rotatable bonds is 3.